The Kier molecular flexibility index (Phi) is 4.19. The summed E-state index contributed by atoms with van der Waals surface area (Å²) in [4.78, 5) is 0. The maximum Gasteiger partial charge on any atom is 0.143 e. The maximum atomic E-state index is 10.0. The van der Waals surface area contributed by atoms with Crippen LogP contribution in [-0.2, 0) is 0 Å². The molecule has 0 unspecified atom stereocenters. The molecule has 3 N–H and O–H groups in total. The molecule has 2 aromatic carbocycles. The molecule has 2 aromatic rings. The van der Waals surface area contributed by atoms with E-state index in [0.29, 0.717) is 16.7 Å². The van der Waals surface area contributed by atoms with Crippen molar-refractivity contribution in [3.8, 4) is 22.6 Å². The van der Waals surface area contributed by atoms with Gasteiger partial charge in [-0.1, -0.05) is 35.5 Å². The first-order valence-electron chi connectivity index (χ1n) is 6.14. The van der Waals surface area contributed by atoms with Crippen LogP contribution in [0.4, 0.5) is 0 Å². The zero-order valence-corrected chi connectivity index (χ0v) is 12.1. The summed E-state index contributed by atoms with van der Waals surface area (Å²) in [6, 6.07) is 8.29. The Balaban J connectivity index is 2.60. The van der Waals surface area contributed by atoms with Gasteiger partial charge in [-0.2, -0.15) is 0 Å². The Morgan fingerprint density at radius 2 is 1.95 bits per heavy atom. The van der Waals surface area contributed by atoms with Crippen LogP contribution in [0.25, 0.3) is 16.7 Å². The first-order chi connectivity index (χ1) is 9.95. The molecule has 0 aliphatic rings. The van der Waals surface area contributed by atoms with Crippen LogP contribution >= 0.6 is 11.6 Å². The van der Waals surface area contributed by atoms with Gasteiger partial charge in [-0.3, -0.25) is 0 Å². The highest BCUT2D eigenvalue weighted by Gasteiger charge is 2.13. The number of hydrogen-bond donors (Lipinski definition) is 3. The monoisotopic (exact) mass is 303 g/mol. The Morgan fingerprint density at radius 3 is 2.57 bits per heavy atom. The molecule has 5 heteroatoms. The number of nitrogens with zero attached hydrogens (tertiary/aromatic N) is 1. The molecule has 0 aliphatic heterocycles. The van der Waals surface area contributed by atoms with Gasteiger partial charge in [0.05, 0.1) is 11.2 Å². The zero-order valence-electron chi connectivity index (χ0n) is 11.3. The van der Waals surface area contributed by atoms with E-state index in [0.717, 1.165) is 17.4 Å². The number of phenols is 2. The lowest BCUT2D eigenvalue weighted by molar-refractivity contribution is 0.321. The second kappa shape index (κ2) is 5.89. The van der Waals surface area contributed by atoms with E-state index in [-0.39, 0.29) is 16.5 Å². The van der Waals surface area contributed by atoms with E-state index in [1.54, 1.807) is 37.3 Å². The standard InChI is InChI=1S/C16H14ClNO3/c1-9(2)13-7-10(4-6-14(13)19)12-5-3-11(8-18-21)16(20)15(12)17/h3-8,19-21H,1H2,2H3/b18-8+. The predicted molar refractivity (Wildman–Crippen MR) is 84.3 cm³/mol. The predicted octanol–water partition coefficient (Wildman–Crippen LogP) is 4.26. The highest BCUT2D eigenvalue weighted by molar-refractivity contribution is 6.35. The van der Waals surface area contributed by atoms with Gasteiger partial charge in [0.1, 0.15) is 11.5 Å². The number of rotatable bonds is 3. The molecule has 0 fully saturated rings. The van der Waals surface area contributed by atoms with Crippen molar-refractivity contribution in [1.29, 1.82) is 0 Å². The maximum absolute atomic E-state index is 10.0. The van der Waals surface area contributed by atoms with E-state index in [9.17, 15) is 10.2 Å². The molecule has 0 radical (unpaired) electrons. The number of hydrogen-bond acceptors (Lipinski definition) is 4. The molecule has 0 heterocycles. The highest BCUT2D eigenvalue weighted by Crippen LogP contribution is 2.38. The van der Waals surface area contributed by atoms with Gasteiger partial charge in [0.25, 0.3) is 0 Å². The fourth-order valence-electron chi connectivity index (χ4n) is 2.01. The number of halogens is 1. The van der Waals surface area contributed by atoms with E-state index in [4.69, 9.17) is 16.8 Å². The Bertz CT molecular complexity index is 739. The number of phenolic OH excluding ortho intramolecular Hbond substituents is 2. The van der Waals surface area contributed by atoms with Crippen LogP contribution < -0.4 is 0 Å². The van der Waals surface area contributed by atoms with Crippen LogP contribution in [0.15, 0.2) is 42.1 Å². The van der Waals surface area contributed by atoms with Crippen molar-refractivity contribution in [3.63, 3.8) is 0 Å². The minimum absolute atomic E-state index is 0.135. The van der Waals surface area contributed by atoms with Gasteiger partial charge in [0.2, 0.25) is 0 Å². The van der Waals surface area contributed by atoms with E-state index in [1.807, 2.05) is 0 Å². The molecular formula is C16H14ClNO3. The van der Waals surface area contributed by atoms with Crippen molar-refractivity contribution in [2.24, 2.45) is 5.16 Å². The van der Waals surface area contributed by atoms with Gasteiger partial charge in [-0.05, 0) is 36.3 Å². The molecule has 0 saturated heterocycles. The second-order valence-electron chi connectivity index (χ2n) is 4.62. The summed E-state index contributed by atoms with van der Waals surface area (Å²) in [6.45, 7) is 5.60. The van der Waals surface area contributed by atoms with E-state index < -0.39 is 0 Å². The van der Waals surface area contributed by atoms with Gasteiger partial charge in [-0.15, -0.1) is 0 Å². The van der Waals surface area contributed by atoms with Crippen molar-refractivity contribution >= 4 is 23.4 Å². The van der Waals surface area contributed by atoms with Crippen molar-refractivity contribution < 1.29 is 15.4 Å². The Morgan fingerprint density at radius 1 is 1.24 bits per heavy atom. The van der Waals surface area contributed by atoms with Crippen molar-refractivity contribution in [2.45, 2.75) is 6.92 Å². The molecule has 0 amide bonds. The van der Waals surface area contributed by atoms with Crippen LogP contribution in [0, 0.1) is 0 Å². The van der Waals surface area contributed by atoms with Crippen molar-refractivity contribution in [3.05, 3.63) is 53.1 Å². The molecule has 108 valence electrons. The van der Waals surface area contributed by atoms with E-state index in [1.165, 1.54) is 0 Å². The Labute approximate surface area is 127 Å². The summed E-state index contributed by atoms with van der Waals surface area (Å²) in [5.74, 6) is -0.0347. The summed E-state index contributed by atoms with van der Waals surface area (Å²) >= 11 is 6.16. The second-order valence-corrected chi connectivity index (χ2v) is 5.00. The molecule has 21 heavy (non-hydrogen) atoms. The van der Waals surface area contributed by atoms with E-state index in [2.05, 4.69) is 11.7 Å². The number of oxime groups is 1. The molecule has 0 spiro atoms. The smallest absolute Gasteiger partial charge is 0.143 e. The first kappa shape index (κ1) is 14.9. The van der Waals surface area contributed by atoms with Gasteiger partial charge in [0, 0.05) is 16.7 Å². The third-order valence-corrected chi connectivity index (χ3v) is 3.49. The summed E-state index contributed by atoms with van der Waals surface area (Å²) < 4.78 is 0. The molecule has 0 atom stereocenters. The van der Waals surface area contributed by atoms with Gasteiger partial charge in [0.15, 0.2) is 0 Å². The van der Waals surface area contributed by atoms with Crippen LogP contribution in [0.1, 0.15) is 18.1 Å². The summed E-state index contributed by atoms with van der Waals surface area (Å²) in [5, 5.41) is 31.3. The number of allylic oxidation sites excluding steroid dienone is 1. The largest absolute Gasteiger partial charge is 0.507 e. The number of benzene rings is 2. The van der Waals surface area contributed by atoms with Gasteiger partial charge >= 0.3 is 0 Å². The minimum Gasteiger partial charge on any atom is -0.507 e. The molecular weight excluding hydrogens is 290 g/mol. The first-order valence-corrected chi connectivity index (χ1v) is 6.51. The fraction of sp³-hybridized carbons (Fsp3) is 0.0625. The quantitative estimate of drug-likeness (QED) is 0.450. The Hall–Kier alpha value is -2.46. The van der Waals surface area contributed by atoms with Gasteiger partial charge in [-0.25, -0.2) is 0 Å². The lowest BCUT2D eigenvalue weighted by atomic mass is 9.98. The van der Waals surface area contributed by atoms with Crippen LogP contribution in [0.2, 0.25) is 5.02 Å². The molecule has 0 aliphatic carbocycles. The van der Waals surface area contributed by atoms with Crippen LogP contribution in [0.3, 0.4) is 0 Å². The SMILES string of the molecule is C=C(C)c1cc(-c2ccc(/C=N/O)c(O)c2Cl)ccc1O. The normalized spacial score (nSPS) is 11.0. The average Bonchev–Trinajstić information content (AvgIpc) is 2.45. The fourth-order valence-corrected chi connectivity index (χ4v) is 2.30. The molecule has 0 aromatic heterocycles. The highest BCUT2D eigenvalue weighted by atomic mass is 35.5. The minimum atomic E-state index is -0.170. The summed E-state index contributed by atoms with van der Waals surface area (Å²) in [6.07, 6.45) is 1.10. The van der Waals surface area contributed by atoms with Crippen LogP contribution in [-0.4, -0.2) is 21.6 Å². The average molecular weight is 304 g/mol. The molecule has 0 saturated carbocycles. The third-order valence-electron chi connectivity index (χ3n) is 3.11. The summed E-state index contributed by atoms with van der Waals surface area (Å²) in [5.41, 5.74) is 2.98. The van der Waals surface area contributed by atoms with Crippen molar-refractivity contribution in [1.82, 2.24) is 0 Å². The molecule has 2 rings (SSSR count). The molecule has 0 bridgehead atoms. The topological polar surface area (TPSA) is 73.1 Å². The van der Waals surface area contributed by atoms with E-state index >= 15 is 0 Å². The lowest BCUT2D eigenvalue weighted by Crippen LogP contribution is -1.89. The van der Waals surface area contributed by atoms with Crippen molar-refractivity contribution in [2.75, 3.05) is 0 Å². The van der Waals surface area contributed by atoms with Gasteiger partial charge < -0.3 is 15.4 Å². The van der Waals surface area contributed by atoms with Crippen LogP contribution in [0.5, 0.6) is 11.5 Å². The third kappa shape index (κ3) is 2.85. The lowest BCUT2D eigenvalue weighted by Gasteiger charge is -2.11. The number of aromatic hydroxyl groups is 2. The molecule has 4 nitrogen and oxygen atoms in total. The zero-order chi connectivity index (χ0) is 15.6. The summed E-state index contributed by atoms with van der Waals surface area (Å²) in [7, 11) is 0.